The molecule has 0 spiro atoms. The maximum absolute atomic E-state index is 11.5. The molecule has 2 heterocycles. The van der Waals surface area contributed by atoms with Crippen molar-refractivity contribution >= 4 is 42.2 Å². The van der Waals surface area contributed by atoms with Gasteiger partial charge in [0.2, 0.25) is 6.39 Å². The number of rotatable bonds is 2. The highest BCUT2D eigenvalue weighted by Gasteiger charge is 2.21. The average Bonchev–Trinajstić information content (AvgIpc) is 2.94. The molecule has 3 rings (SSSR count). The summed E-state index contributed by atoms with van der Waals surface area (Å²) in [6, 6.07) is 3.10. The van der Waals surface area contributed by atoms with Crippen LogP contribution in [0.15, 0.2) is 34.0 Å². The Kier molecular flexibility index (Phi) is 2.77. The SMILES string of the molecule is O=S(=O)(Cl)c1c[nH]c2c(-c3nnco3)c(Cl)ccc12. The van der Waals surface area contributed by atoms with Gasteiger partial charge in [-0.1, -0.05) is 11.6 Å². The fourth-order valence-corrected chi connectivity index (χ4v) is 3.09. The molecular formula is C10H5Cl2N3O3S. The summed E-state index contributed by atoms with van der Waals surface area (Å²) >= 11 is 6.09. The van der Waals surface area contributed by atoms with Gasteiger partial charge in [-0.3, -0.25) is 0 Å². The lowest BCUT2D eigenvalue weighted by molar-refractivity contribution is 0.569. The second-order valence-corrected chi connectivity index (χ2v) is 6.62. The molecule has 0 bridgehead atoms. The van der Waals surface area contributed by atoms with Gasteiger partial charge in [0.25, 0.3) is 14.9 Å². The van der Waals surface area contributed by atoms with Crippen molar-refractivity contribution < 1.29 is 12.8 Å². The van der Waals surface area contributed by atoms with E-state index < -0.39 is 9.05 Å². The molecule has 0 atom stereocenters. The third-order valence-corrected chi connectivity index (χ3v) is 4.28. The van der Waals surface area contributed by atoms with E-state index in [1.165, 1.54) is 6.20 Å². The maximum atomic E-state index is 11.5. The van der Waals surface area contributed by atoms with Crippen LogP contribution in [0.5, 0.6) is 0 Å². The van der Waals surface area contributed by atoms with Crippen molar-refractivity contribution in [1.29, 1.82) is 0 Å². The molecule has 6 nitrogen and oxygen atoms in total. The van der Waals surface area contributed by atoms with Crippen molar-refractivity contribution in [3.63, 3.8) is 0 Å². The lowest BCUT2D eigenvalue weighted by Crippen LogP contribution is -1.88. The molecule has 19 heavy (non-hydrogen) atoms. The smallest absolute Gasteiger partial charge is 0.263 e. The highest BCUT2D eigenvalue weighted by Crippen LogP contribution is 2.36. The molecule has 0 saturated carbocycles. The topological polar surface area (TPSA) is 88.9 Å². The zero-order valence-electron chi connectivity index (χ0n) is 9.09. The summed E-state index contributed by atoms with van der Waals surface area (Å²) in [4.78, 5) is 2.79. The van der Waals surface area contributed by atoms with Gasteiger partial charge in [-0.2, -0.15) is 0 Å². The number of hydrogen-bond acceptors (Lipinski definition) is 5. The predicted molar refractivity (Wildman–Crippen MR) is 69.6 cm³/mol. The summed E-state index contributed by atoms with van der Waals surface area (Å²) in [5.41, 5.74) is 0.902. The van der Waals surface area contributed by atoms with Gasteiger partial charge in [-0.15, -0.1) is 10.2 Å². The van der Waals surface area contributed by atoms with E-state index in [-0.39, 0.29) is 10.8 Å². The number of hydrogen-bond donors (Lipinski definition) is 1. The van der Waals surface area contributed by atoms with Crippen molar-refractivity contribution in [2.45, 2.75) is 4.90 Å². The van der Waals surface area contributed by atoms with Gasteiger partial charge >= 0.3 is 0 Å². The van der Waals surface area contributed by atoms with E-state index in [9.17, 15) is 8.42 Å². The number of nitrogens with zero attached hydrogens (tertiary/aromatic N) is 2. The zero-order valence-corrected chi connectivity index (χ0v) is 11.4. The van der Waals surface area contributed by atoms with Gasteiger partial charge < -0.3 is 9.40 Å². The molecule has 2 aromatic heterocycles. The average molecular weight is 318 g/mol. The Balaban J connectivity index is 2.41. The van der Waals surface area contributed by atoms with Gasteiger partial charge in [0, 0.05) is 22.3 Å². The first-order valence-corrected chi connectivity index (χ1v) is 7.68. The number of aromatic amines is 1. The summed E-state index contributed by atoms with van der Waals surface area (Å²) < 4.78 is 28.0. The molecule has 0 fully saturated rings. The van der Waals surface area contributed by atoms with E-state index in [0.717, 1.165) is 6.39 Å². The first-order valence-electron chi connectivity index (χ1n) is 4.99. The van der Waals surface area contributed by atoms with Crippen LogP contribution in [0.3, 0.4) is 0 Å². The van der Waals surface area contributed by atoms with Crippen molar-refractivity contribution in [2.75, 3.05) is 0 Å². The minimum atomic E-state index is -3.85. The summed E-state index contributed by atoms with van der Waals surface area (Å²) in [5, 5.41) is 8.10. The van der Waals surface area contributed by atoms with E-state index >= 15 is 0 Å². The molecule has 1 aromatic carbocycles. The molecular weight excluding hydrogens is 313 g/mol. The standard InChI is InChI=1S/C10H5Cl2N3O3S/c11-6-2-1-5-7(19(12,16)17)3-13-9(5)8(6)10-15-14-4-18-10/h1-4,13H. The molecule has 3 aromatic rings. The zero-order chi connectivity index (χ0) is 13.6. The van der Waals surface area contributed by atoms with Crippen LogP contribution >= 0.6 is 22.3 Å². The lowest BCUT2D eigenvalue weighted by Gasteiger charge is -2.01. The van der Waals surface area contributed by atoms with Gasteiger partial charge in [0.05, 0.1) is 16.1 Å². The van der Waals surface area contributed by atoms with E-state index in [2.05, 4.69) is 15.2 Å². The first kappa shape index (κ1) is 12.5. The quantitative estimate of drug-likeness (QED) is 0.734. The second-order valence-electron chi connectivity index (χ2n) is 3.68. The third-order valence-electron chi connectivity index (χ3n) is 2.60. The summed E-state index contributed by atoms with van der Waals surface area (Å²) in [5.74, 6) is 0.191. The Morgan fingerprint density at radius 2 is 2.11 bits per heavy atom. The van der Waals surface area contributed by atoms with E-state index in [1.807, 2.05) is 0 Å². The van der Waals surface area contributed by atoms with Crippen LogP contribution in [-0.4, -0.2) is 23.6 Å². The minimum absolute atomic E-state index is 0.0263. The van der Waals surface area contributed by atoms with Gasteiger partial charge in [-0.25, -0.2) is 8.42 Å². The fourth-order valence-electron chi connectivity index (χ4n) is 1.84. The monoisotopic (exact) mass is 317 g/mol. The molecule has 0 saturated heterocycles. The van der Waals surface area contributed by atoms with Gasteiger partial charge in [-0.05, 0) is 12.1 Å². The molecule has 0 aliphatic rings. The number of benzene rings is 1. The van der Waals surface area contributed by atoms with Crippen LogP contribution < -0.4 is 0 Å². The van der Waals surface area contributed by atoms with Crippen LogP contribution in [-0.2, 0) is 9.05 Å². The van der Waals surface area contributed by atoms with E-state index in [4.69, 9.17) is 26.7 Å². The van der Waals surface area contributed by atoms with Gasteiger partial charge in [0.15, 0.2) is 0 Å². The van der Waals surface area contributed by atoms with Crippen LogP contribution in [0.1, 0.15) is 0 Å². The molecule has 98 valence electrons. The Morgan fingerprint density at radius 3 is 2.74 bits per heavy atom. The number of halogens is 2. The van der Waals surface area contributed by atoms with Gasteiger partial charge in [0.1, 0.15) is 4.90 Å². The lowest BCUT2D eigenvalue weighted by atomic mass is 10.1. The Bertz CT molecular complexity index is 856. The number of nitrogens with one attached hydrogen (secondary N) is 1. The Hall–Kier alpha value is -1.57. The van der Waals surface area contributed by atoms with Crippen molar-refractivity contribution in [1.82, 2.24) is 15.2 Å². The van der Waals surface area contributed by atoms with Crippen LogP contribution in [0, 0.1) is 0 Å². The second kappa shape index (κ2) is 4.22. The summed E-state index contributed by atoms with van der Waals surface area (Å²) in [7, 11) is 1.51. The maximum Gasteiger partial charge on any atom is 0.263 e. The molecule has 0 amide bonds. The highest BCUT2D eigenvalue weighted by atomic mass is 35.7. The fraction of sp³-hybridized carbons (Fsp3) is 0. The van der Waals surface area contributed by atoms with Crippen molar-refractivity contribution in [3.05, 3.63) is 29.7 Å². The van der Waals surface area contributed by atoms with Crippen molar-refractivity contribution in [3.8, 4) is 11.5 Å². The first-order chi connectivity index (χ1) is 8.98. The number of fused-ring (bicyclic) bond motifs is 1. The van der Waals surface area contributed by atoms with E-state index in [0.29, 0.717) is 21.5 Å². The minimum Gasteiger partial charge on any atom is -0.423 e. The van der Waals surface area contributed by atoms with E-state index in [1.54, 1.807) is 12.1 Å². The molecule has 0 radical (unpaired) electrons. The number of H-pyrrole nitrogens is 1. The normalized spacial score (nSPS) is 12.1. The summed E-state index contributed by atoms with van der Waals surface area (Å²) in [6.07, 6.45) is 2.45. The molecule has 0 aliphatic carbocycles. The third kappa shape index (κ3) is 1.99. The Morgan fingerprint density at radius 1 is 1.32 bits per heavy atom. The van der Waals surface area contributed by atoms with Crippen LogP contribution in [0.25, 0.3) is 22.4 Å². The van der Waals surface area contributed by atoms with Crippen LogP contribution in [0.2, 0.25) is 5.02 Å². The largest absolute Gasteiger partial charge is 0.423 e. The predicted octanol–water partition coefficient (Wildman–Crippen LogP) is 2.80. The molecule has 1 N–H and O–H groups in total. The molecule has 0 aliphatic heterocycles. The summed E-state index contributed by atoms with van der Waals surface area (Å²) in [6.45, 7) is 0. The highest BCUT2D eigenvalue weighted by molar-refractivity contribution is 8.14. The molecule has 9 heteroatoms. The van der Waals surface area contributed by atoms with Crippen molar-refractivity contribution in [2.24, 2.45) is 0 Å². The van der Waals surface area contributed by atoms with Crippen LogP contribution in [0.4, 0.5) is 0 Å². The Labute approximate surface area is 116 Å². The number of aromatic nitrogens is 3. The molecule has 0 unspecified atom stereocenters.